The van der Waals surface area contributed by atoms with Gasteiger partial charge in [-0.15, -0.1) is 0 Å². The molecule has 1 heterocycles. The smallest absolute Gasteiger partial charge is 0.325 e. The van der Waals surface area contributed by atoms with E-state index in [0.29, 0.717) is 19.4 Å². The van der Waals surface area contributed by atoms with E-state index in [2.05, 4.69) is 15.5 Å². The Balaban J connectivity index is 1.79. The van der Waals surface area contributed by atoms with Gasteiger partial charge in [-0.25, -0.2) is 4.79 Å². The third-order valence-electron chi connectivity index (χ3n) is 5.09. The van der Waals surface area contributed by atoms with E-state index in [4.69, 9.17) is 0 Å². The molecule has 1 aromatic rings. The maximum Gasteiger partial charge on any atom is 0.325 e. The zero-order valence-corrected chi connectivity index (χ0v) is 17.2. The normalized spacial score (nSPS) is 15.5. The van der Waals surface area contributed by atoms with Crippen molar-refractivity contribution >= 4 is 23.5 Å². The molecule has 0 unspecified atom stereocenters. The zero-order valence-electron chi connectivity index (χ0n) is 17.2. The molecule has 2 N–H and O–H groups in total. The number of amides is 4. The van der Waals surface area contributed by atoms with Crippen LogP contribution >= 0.6 is 0 Å². The number of benzene rings is 1. The van der Waals surface area contributed by atoms with Crippen LogP contribution in [-0.4, -0.2) is 55.0 Å². The van der Waals surface area contributed by atoms with Crippen LogP contribution in [0.15, 0.2) is 30.3 Å². The molecule has 1 aliphatic heterocycles. The van der Waals surface area contributed by atoms with Crippen molar-refractivity contribution in [2.75, 3.05) is 31.6 Å². The number of nitrogens with one attached hydrogen (secondary N) is 2. The van der Waals surface area contributed by atoms with Gasteiger partial charge in [-0.3, -0.25) is 14.5 Å². The predicted octanol–water partition coefficient (Wildman–Crippen LogP) is 2.52. The number of carbonyl (C=O) groups excluding carboxylic acids is 3. The fourth-order valence-corrected chi connectivity index (χ4v) is 3.69. The molecule has 154 valence electrons. The van der Waals surface area contributed by atoms with E-state index in [1.807, 2.05) is 51.2 Å². The molecule has 0 bridgehead atoms. The third-order valence-corrected chi connectivity index (χ3v) is 5.09. The van der Waals surface area contributed by atoms with Gasteiger partial charge >= 0.3 is 6.03 Å². The van der Waals surface area contributed by atoms with Gasteiger partial charge in [0.05, 0.1) is 0 Å². The SMILES string of the molecule is CCCC1(CCC)NC(=O)N(CC(=O)NCCCN(C)c2ccccc2)C1=O. The van der Waals surface area contributed by atoms with Gasteiger partial charge < -0.3 is 15.5 Å². The Kier molecular flexibility index (Phi) is 7.84. The highest BCUT2D eigenvalue weighted by atomic mass is 16.2. The van der Waals surface area contributed by atoms with Gasteiger partial charge in [-0.05, 0) is 31.4 Å². The molecule has 7 nitrogen and oxygen atoms in total. The summed E-state index contributed by atoms with van der Waals surface area (Å²) in [7, 11) is 2.01. The lowest BCUT2D eigenvalue weighted by molar-refractivity contribution is -0.135. The summed E-state index contributed by atoms with van der Waals surface area (Å²) in [5, 5.41) is 5.63. The number of carbonyl (C=O) groups is 3. The summed E-state index contributed by atoms with van der Waals surface area (Å²) in [5.74, 6) is -0.588. The molecule has 1 aliphatic rings. The van der Waals surface area contributed by atoms with Crippen molar-refractivity contribution in [1.29, 1.82) is 0 Å². The van der Waals surface area contributed by atoms with Gasteiger partial charge in [0.1, 0.15) is 12.1 Å². The number of hydrogen-bond acceptors (Lipinski definition) is 4. The fraction of sp³-hybridized carbons (Fsp3) is 0.571. The molecule has 0 saturated carbocycles. The molecule has 1 aromatic carbocycles. The van der Waals surface area contributed by atoms with Crippen molar-refractivity contribution < 1.29 is 14.4 Å². The number of imide groups is 1. The molecule has 0 spiro atoms. The van der Waals surface area contributed by atoms with Gasteiger partial charge in [0.15, 0.2) is 0 Å². The van der Waals surface area contributed by atoms with Crippen LogP contribution in [0.2, 0.25) is 0 Å². The Morgan fingerprint density at radius 2 is 1.79 bits per heavy atom. The molecule has 2 rings (SSSR count). The van der Waals surface area contributed by atoms with Crippen molar-refractivity contribution in [3.05, 3.63) is 30.3 Å². The zero-order chi connectivity index (χ0) is 20.6. The van der Waals surface area contributed by atoms with E-state index >= 15 is 0 Å². The van der Waals surface area contributed by atoms with Gasteiger partial charge in [0, 0.05) is 25.8 Å². The maximum atomic E-state index is 12.8. The summed E-state index contributed by atoms with van der Waals surface area (Å²) in [6, 6.07) is 9.56. The lowest BCUT2D eigenvalue weighted by atomic mass is 9.88. The minimum atomic E-state index is -0.848. The Morgan fingerprint density at radius 1 is 1.14 bits per heavy atom. The molecule has 0 radical (unpaired) electrons. The molecular formula is C21H32N4O3. The monoisotopic (exact) mass is 388 g/mol. The second kappa shape index (κ2) is 10.1. The second-order valence-electron chi connectivity index (χ2n) is 7.36. The molecule has 7 heteroatoms. The number of para-hydroxylation sites is 1. The molecular weight excluding hydrogens is 356 g/mol. The summed E-state index contributed by atoms with van der Waals surface area (Å²) >= 11 is 0. The Morgan fingerprint density at radius 3 is 2.39 bits per heavy atom. The highest BCUT2D eigenvalue weighted by molar-refractivity contribution is 6.09. The number of anilines is 1. The maximum absolute atomic E-state index is 12.8. The summed E-state index contributed by atoms with van der Waals surface area (Å²) in [6.07, 6.45) is 3.54. The van der Waals surface area contributed by atoms with Crippen LogP contribution in [0.1, 0.15) is 46.0 Å². The van der Waals surface area contributed by atoms with E-state index in [-0.39, 0.29) is 18.4 Å². The van der Waals surface area contributed by atoms with Crippen molar-refractivity contribution in [3.8, 4) is 0 Å². The fourth-order valence-electron chi connectivity index (χ4n) is 3.69. The van der Waals surface area contributed by atoms with Crippen LogP contribution in [0.25, 0.3) is 0 Å². The minimum Gasteiger partial charge on any atom is -0.375 e. The molecule has 0 aromatic heterocycles. The molecule has 1 fully saturated rings. The van der Waals surface area contributed by atoms with Crippen molar-refractivity contribution in [1.82, 2.24) is 15.5 Å². The minimum absolute atomic E-state index is 0.228. The largest absolute Gasteiger partial charge is 0.375 e. The highest BCUT2D eigenvalue weighted by Gasteiger charge is 2.50. The van der Waals surface area contributed by atoms with Gasteiger partial charge in [0.2, 0.25) is 5.91 Å². The number of hydrogen-bond donors (Lipinski definition) is 2. The lowest BCUT2D eigenvalue weighted by Crippen LogP contribution is -2.47. The summed E-state index contributed by atoms with van der Waals surface area (Å²) in [5.41, 5.74) is 0.274. The highest BCUT2D eigenvalue weighted by Crippen LogP contribution is 2.27. The van der Waals surface area contributed by atoms with Gasteiger partial charge in [0.25, 0.3) is 5.91 Å². The van der Waals surface area contributed by atoms with E-state index in [1.54, 1.807) is 0 Å². The third kappa shape index (κ3) is 5.24. The topological polar surface area (TPSA) is 81.8 Å². The van der Waals surface area contributed by atoms with E-state index in [9.17, 15) is 14.4 Å². The van der Waals surface area contributed by atoms with Crippen LogP contribution in [0.4, 0.5) is 10.5 Å². The Labute approximate surface area is 167 Å². The predicted molar refractivity (Wildman–Crippen MR) is 110 cm³/mol. The molecule has 0 aliphatic carbocycles. The summed E-state index contributed by atoms with van der Waals surface area (Å²) in [6.45, 7) is 5.03. The number of rotatable bonds is 11. The Hall–Kier alpha value is -2.57. The van der Waals surface area contributed by atoms with Crippen molar-refractivity contribution in [2.24, 2.45) is 0 Å². The molecule has 4 amide bonds. The van der Waals surface area contributed by atoms with Crippen LogP contribution in [-0.2, 0) is 9.59 Å². The van der Waals surface area contributed by atoms with Gasteiger partial charge in [-0.1, -0.05) is 44.9 Å². The van der Waals surface area contributed by atoms with E-state index in [1.165, 1.54) is 0 Å². The first-order valence-electron chi connectivity index (χ1n) is 10.1. The second-order valence-corrected chi connectivity index (χ2v) is 7.36. The van der Waals surface area contributed by atoms with E-state index < -0.39 is 11.6 Å². The quantitative estimate of drug-likeness (QED) is 0.451. The van der Waals surface area contributed by atoms with E-state index in [0.717, 1.165) is 36.4 Å². The average molecular weight is 389 g/mol. The van der Waals surface area contributed by atoms with Crippen LogP contribution in [0, 0.1) is 0 Å². The van der Waals surface area contributed by atoms with Crippen LogP contribution in [0.5, 0.6) is 0 Å². The number of urea groups is 1. The Bertz CT molecular complexity index is 671. The van der Waals surface area contributed by atoms with Crippen LogP contribution < -0.4 is 15.5 Å². The first kappa shape index (κ1) is 21.7. The number of nitrogens with zero attached hydrogens (tertiary/aromatic N) is 2. The summed E-state index contributed by atoms with van der Waals surface area (Å²) in [4.78, 5) is 40.5. The molecule has 0 atom stereocenters. The van der Waals surface area contributed by atoms with Crippen molar-refractivity contribution in [2.45, 2.75) is 51.5 Å². The standard InChI is InChI=1S/C21H32N4O3/c1-4-12-21(13-5-2)19(27)25(20(28)23-21)16-18(26)22-14-9-15-24(3)17-10-7-6-8-11-17/h6-8,10-11H,4-5,9,12-16H2,1-3H3,(H,22,26)(H,23,28). The van der Waals surface area contributed by atoms with Crippen LogP contribution in [0.3, 0.4) is 0 Å². The average Bonchev–Trinajstić information content (AvgIpc) is 2.90. The molecule has 28 heavy (non-hydrogen) atoms. The first-order valence-corrected chi connectivity index (χ1v) is 10.1. The summed E-state index contributed by atoms with van der Waals surface area (Å²) < 4.78 is 0. The molecule has 1 saturated heterocycles. The van der Waals surface area contributed by atoms with Gasteiger partial charge in [-0.2, -0.15) is 0 Å². The first-order chi connectivity index (χ1) is 13.4. The van der Waals surface area contributed by atoms with Crippen molar-refractivity contribution in [3.63, 3.8) is 0 Å². The lowest BCUT2D eigenvalue weighted by Gasteiger charge is -2.25.